The number of halogens is 3. The second-order valence-electron chi connectivity index (χ2n) is 7.62. The standard InChI is InChI=1S/C16H11BrN.C4H10N.C2H6Si.2ClH.Zr/c1-18-15-5-3-2-4-13(15)14-9-10-8-11(17)6-7-12(10)16(14)18;1-4(2,3)5;1-3-2;;;/h2-8,16H,1H3;5H,1-3H3;1-2H3;2*1H;/q2*-1;;;;+4/p-2. The Morgan fingerprint density at radius 1 is 1.14 bits per heavy atom. The molecule has 0 amide bonds. The molecular weight excluding hydrogens is 562 g/mol. The molecule has 2 nitrogen and oxygen atoms in total. The van der Waals surface area contributed by atoms with Gasteiger partial charge in [0, 0.05) is 28.3 Å². The van der Waals surface area contributed by atoms with Gasteiger partial charge < -0.3 is 10.6 Å². The maximum absolute atomic E-state index is 6.94. The molecule has 0 saturated heterocycles. The molecule has 1 unspecified atom stereocenters. The molecule has 1 heterocycles. The molecule has 2 aliphatic rings. The van der Waals surface area contributed by atoms with Crippen LogP contribution in [0.3, 0.4) is 0 Å². The Labute approximate surface area is 205 Å². The van der Waals surface area contributed by atoms with Crippen molar-refractivity contribution in [3.05, 3.63) is 75.4 Å². The summed E-state index contributed by atoms with van der Waals surface area (Å²) in [5.41, 5.74) is 13.2. The molecule has 2 aromatic rings. The van der Waals surface area contributed by atoms with Crippen molar-refractivity contribution in [2.45, 2.75) is 45.4 Å². The van der Waals surface area contributed by atoms with Crippen molar-refractivity contribution in [2.75, 3.05) is 11.9 Å². The predicted octanol–water partition coefficient (Wildman–Crippen LogP) is 8.19. The van der Waals surface area contributed by atoms with Gasteiger partial charge in [0.05, 0.1) is 0 Å². The van der Waals surface area contributed by atoms with E-state index in [4.69, 9.17) is 22.8 Å². The second-order valence-corrected chi connectivity index (χ2v) is 13.3. The zero-order chi connectivity index (χ0) is 22.2. The Morgan fingerprint density at radius 3 is 2.21 bits per heavy atom. The van der Waals surface area contributed by atoms with Crippen LogP contribution in [0.4, 0.5) is 5.69 Å². The first-order chi connectivity index (χ1) is 13.6. The molecule has 4 rings (SSSR count). The quantitative estimate of drug-likeness (QED) is 0.225. The second kappa shape index (κ2) is 12.8. The zero-order valence-electron chi connectivity index (χ0n) is 17.7. The first-order valence-electron chi connectivity index (χ1n) is 9.14. The van der Waals surface area contributed by atoms with Gasteiger partial charge in [-0.1, -0.05) is 91.3 Å². The number of fused-ring (bicyclic) bond motifs is 5. The molecule has 29 heavy (non-hydrogen) atoms. The SMILES string of the molecule is CC(C)(C)[NH-].CN1c2ccccc2C2=[C-]c3cc(Br)ccc3C21.C[Si]C.[Cl][Zr+2][Cl]. The van der Waals surface area contributed by atoms with Crippen molar-refractivity contribution in [1.29, 1.82) is 0 Å². The van der Waals surface area contributed by atoms with Crippen LogP contribution in [0.15, 0.2) is 46.9 Å². The van der Waals surface area contributed by atoms with Crippen LogP contribution in [-0.2, 0) is 20.8 Å². The molecule has 0 bridgehead atoms. The van der Waals surface area contributed by atoms with E-state index in [1.807, 2.05) is 20.8 Å². The van der Waals surface area contributed by atoms with E-state index in [0.717, 1.165) is 14.0 Å². The van der Waals surface area contributed by atoms with E-state index in [0.29, 0.717) is 6.04 Å². The van der Waals surface area contributed by atoms with Crippen LogP contribution >= 0.6 is 33.0 Å². The van der Waals surface area contributed by atoms with Crippen molar-refractivity contribution in [3.8, 4) is 0 Å². The van der Waals surface area contributed by atoms with E-state index in [1.165, 1.54) is 28.0 Å². The monoisotopic (exact) mass is 586 g/mol. The molecule has 1 N–H and O–H groups in total. The summed E-state index contributed by atoms with van der Waals surface area (Å²) < 4.78 is 1.12. The normalized spacial score (nSPS) is 15.0. The van der Waals surface area contributed by atoms with E-state index in [2.05, 4.69) is 89.5 Å². The van der Waals surface area contributed by atoms with Crippen molar-refractivity contribution in [3.63, 3.8) is 0 Å². The summed E-state index contributed by atoms with van der Waals surface area (Å²) in [7, 11) is 13.1. The van der Waals surface area contributed by atoms with Crippen LogP contribution in [0.25, 0.3) is 11.3 Å². The van der Waals surface area contributed by atoms with Crippen LogP contribution < -0.4 is 4.90 Å². The van der Waals surface area contributed by atoms with Crippen LogP contribution in [0, 0.1) is 6.08 Å². The number of para-hydroxylation sites is 1. The number of hydrogen-bond donors (Lipinski definition) is 0. The third-order valence-corrected chi connectivity index (χ3v) is 4.31. The maximum atomic E-state index is 6.94. The molecule has 0 saturated carbocycles. The van der Waals surface area contributed by atoms with E-state index in [-0.39, 0.29) is 5.54 Å². The van der Waals surface area contributed by atoms with Crippen LogP contribution in [-0.4, -0.2) is 22.1 Å². The number of benzene rings is 2. The van der Waals surface area contributed by atoms with Gasteiger partial charge in [0.2, 0.25) is 0 Å². The number of anilines is 1. The fourth-order valence-electron chi connectivity index (χ4n) is 3.01. The van der Waals surface area contributed by atoms with E-state index in [9.17, 15) is 0 Å². The number of likely N-dealkylation sites (N-methyl/N-ethyl adjacent to an activating group) is 1. The van der Waals surface area contributed by atoms with Crippen molar-refractivity contribution < 1.29 is 20.8 Å². The third-order valence-electron chi connectivity index (χ3n) is 3.81. The fourth-order valence-corrected chi connectivity index (χ4v) is 3.37. The molecule has 2 aromatic carbocycles. The van der Waals surface area contributed by atoms with Gasteiger partial charge in [0.15, 0.2) is 0 Å². The number of rotatable bonds is 0. The topological polar surface area (TPSA) is 27.0 Å². The van der Waals surface area contributed by atoms with Crippen LogP contribution in [0.5, 0.6) is 0 Å². The summed E-state index contributed by atoms with van der Waals surface area (Å²) >= 11 is 2.70. The molecule has 1 aliphatic heterocycles. The molecule has 0 aromatic heterocycles. The summed E-state index contributed by atoms with van der Waals surface area (Å²) in [4.78, 5) is 2.34. The minimum absolute atomic E-state index is 0.250. The molecule has 0 fully saturated rings. The molecule has 1 atom stereocenters. The van der Waals surface area contributed by atoms with Crippen molar-refractivity contribution >= 4 is 53.7 Å². The van der Waals surface area contributed by atoms with Crippen LogP contribution in [0.2, 0.25) is 13.1 Å². The molecule has 154 valence electrons. The van der Waals surface area contributed by atoms with Gasteiger partial charge in [-0.05, 0) is 10.5 Å². The molecular formula is C22H27BrCl2N2SiZr. The van der Waals surface area contributed by atoms with Crippen molar-refractivity contribution in [2.24, 2.45) is 0 Å². The van der Waals surface area contributed by atoms with Crippen LogP contribution in [0.1, 0.15) is 43.5 Å². The fraction of sp³-hybridized carbons (Fsp3) is 0.364. The zero-order valence-corrected chi connectivity index (χ0v) is 24.3. The molecule has 0 spiro atoms. The van der Waals surface area contributed by atoms with Gasteiger partial charge in [-0.3, -0.25) is 0 Å². The van der Waals surface area contributed by atoms with Gasteiger partial charge in [-0.25, -0.2) is 0 Å². The molecule has 2 radical (unpaired) electrons. The van der Waals surface area contributed by atoms with Gasteiger partial charge in [0.1, 0.15) is 0 Å². The summed E-state index contributed by atoms with van der Waals surface area (Å²) in [6.07, 6.45) is 3.57. The summed E-state index contributed by atoms with van der Waals surface area (Å²) in [5.74, 6) is 0. The summed E-state index contributed by atoms with van der Waals surface area (Å²) in [5, 5.41) is 0. The average molecular weight is 590 g/mol. The minimum atomic E-state index is -0.826. The van der Waals surface area contributed by atoms with Gasteiger partial charge in [-0.15, -0.1) is 28.8 Å². The Kier molecular flexibility index (Phi) is 12.0. The van der Waals surface area contributed by atoms with Gasteiger partial charge in [0.25, 0.3) is 0 Å². The summed E-state index contributed by atoms with van der Waals surface area (Å²) in [6, 6.07) is 15.4. The average Bonchev–Trinajstić information content (AvgIpc) is 3.11. The van der Waals surface area contributed by atoms with E-state index in [1.54, 1.807) is 0 Å². The molecule has 1 aliphatic carbocycles. The number of hydrogen-bond acceptors (Lipinski definition) is 1. The molecule has 7 heteroatoms. The first-order valence-corrected chi connectivity index (χ1v) is 18.3. The first kappa shape index (κ1) is 27.1. The van der Waals surface area contributed by atoms with Gasteiger partial charge in [-0.2, -0.15) is 0 Å². The third kappa shape index (κ3) is 8.27. The predicted molar refractivity (Wildman–Crippen MR) is 131 cm³/mol. The Bertz CT molecular complexity index is 817. The number of nitrogens with zero attached hydrogens (tertiary/aromatic N) is 1. The van der Waals surface area contributed by atoms with Gasteiger partial charge >= 0.3 is 37.9 Å². The van der Waals surface area contributed by atoms with E-state index >= 15 is 0 Å². The Morgan fingerprint density at radius 2 is 1.66 bits per heavy atom. The summed E-state index contributed by atoms with van der Waals surface area (Å²) in [6.45, 7) is 9.87. The Balaban J connectivity index is 0.000000323. The Hall–Kier alpha value is 0.100. The number of nitrogens with one attached hydrogen (secondary N) is 1. The van der Waals surface area contributed by atoms with Crippen molar-refractivity contribution in [1.82, 2.24) is 0 Å². The van der Waals surface area contributed by atoms with E-state index < -0.39 is 20.8 Å².